The number of fused-ring (bicyclic) bond motifs is 4. The molecule has 35 heavy (non-hydrogen) atoms. The monoisotopic (exact) mass is 474 g/mol. The summed E-state index contributed by atoms with van der Waals surface area (Å²) in [6.07, 6.45) is 3.62. The summed E-state index contributed by atoms with van der Waals surface area (Å²) >= 11 is 0. The summed E-state index contributed by atoms with van der Waals surface area (Å²) in [4.78, 5) is 37.3. The molecule has 3 saturated carbocycles. The van der Waals surface area contributed by atoms with Gasteiger partial charge < -0.3 is 20.5 Å². The normalized spacial score (nSPS) is 27.4. The van der Waals surface area contributed by atoms with E-state index in [9.17, 15) is 19.5 Å². The SMILES string of the molecule is O=C(NC1(C(=O)NC2CC3CC(C(=O)O)CC32)CCC1)OCC1c2ccccc2-c2ccccc21. The van der Waals surface area contributed by atoms with Crippen molar-refractivity contribution in [3.63, 3.8) is 0 Å². The van der Waals surface area contributed by atoms with Gasteiger partial charge in [-0.05, 0) is 72.6 Å². The Balaban J connectivity index is 1.07. The molecule has 3 N–H and O–H groups in total. The average Bonchev–Trinajstić information content (AvgIpc) is 3.33. The Morgan fingerprint density at radius 1 is 0.943 bits per heavy atom. The third kappa shape index (κ3) is 3.68. The summed E-state index contributed by atoms with van der Waals surface area (Å²) in [6, 6.07) is 16.4. The van der Waals surface area contributed by atoms with Gasteiger partial charge in [0.25, 0.3) is 0 Å². The van der Waals surface area contributed by atoms with Crippen LogP contribution < -0.4 is 10.6 Å². The quantitative estimate of drug-likeness (QED) is 0.586. The summed E-state index contributed by atoms with van der Waals surface area (Å²) in [6.45, 7) is 0.209. The first-order chi connectivity index (χ1) is 16.9. The lowest BCUT2D eigenvalue weighted by atomic mass is 9.70. The summed E-state index contributed by atoms with van der Waals surface area (Å²) < 4.78 is 5.68. The van der Waals surface area contributed by atoms with Crippen LogP contribution in [0.15, 0.2) is 48.5 Å². The van der Waals surface area contributed by atoms with E-state index >= 15 is 0 Å². The molecule has 4 aliphatic carbocycles. The molecule has 4 unspecified atom stereocenters. The third-order valence-corrected chi connectivity index (χ3v) is 8.82. The van der Waals surface area contributed by atoms with Crippen LogP contribution in [0.25, 0.3) is 11.1 Å². The molecule has 3 fully saturated rings. The molecular formula is C28H30N2O5. The van der Waals surface area contributed by atoms with Crippen LogP contribution in [0.5, 0.6) is 0 Å². The lowest BCUT2D eigenvalue weighted by molar-refractivity contribution is -0.141. The largest absolute Gasteiger partial charge is 0.481 e. The van der Waals surface area contributed by atoms with Crippen LogP contribution in [0.4, 0.5) is 4.79 Å². The van der Waals surface area contributed by atoms with E-state index in [-0.39, 0.29) is 36.3 Å². The highest BCUT2D eigenvalue weighted by molar-refractivity contribution is 5.91. The number of carboxylic acids is 1. The molecule has 2 amide bonds. The van der Waals surface area contributed by atoms with Gasteiger partial charge in [-0.15, -0.1) is 0 Å². The number of alkyl carbamates (subject to hydrolysis) is 1. The van der Waals surface area contributed by atoms with Gasteiger partial charge in [0.05, 0.1) is 5.92 Å². The van der Waals surface area contributed by atoms with Crippen molar-refractivity contribution in [3.05, 3.63) is 59.7 Å². The lowest BCUT2D eigenvalue weighted by Gasteiger charge is -2.46. The second kappa shape index (κ2) is 8.40. The van der Waals surface area contributed by atoms with Crippen molar-refractivity contribution in [2.45, 2.75) is 56.0 Å². The predicted octanol–water partition coefficient (Wildman–Crippen LogP) is 4.06. The van der Waals surface area contributed by atoms with Crippen LogP contribution >= 0.6 is 0 Å². The Hall–Kier alpha value is -3.35. The maximum Gasteiger partial charge on any atom is 0.408 e. The van der Waals surface area contributed by atoms with Crippen molar-refractivity contribution in [1.82, 2.24) is 10.6 Å². The minimum absolute atomic E-state index is 0.00126. The van der Waals surface area contributed by atoms with Crippen LogP contribution in [0, 0.1) is 17.8 Å². The minimum Gasteiger partial charge on any atom is -0.481 e. The maximum absolute atomic E-state index is 13.2. The Morgan fingerprint density at radius 2 is 1.60 bits per heavy atom. The van der Waals surface area contributed by atoms with Crippen LogP contribution in [-0.4, -0.2) is 41.3 Å². The van der Waals surface area contributed by atoms with Gasteiger partial charge >= 0.3 is 12.1 Å². The van der Waals surface area contributed by atoms with Crippen molar-refractivity contribution in [2.24, 2.45) is 17.8 Å². The molecule has 0 aromatic heterocycles. The molecule has 182 valence electrons. The highest BCUT2D eigenvalue weighted by Gasteiger charge is 2.53. The van der Waals surface area contributed by atoms with E-state index in [1.54, 1.807) is 0 Å². The van der Waals surface area contributed by atoms with E-state index < -0.39 is 17.6 Å². The minimum atomic E-state index is -0.932. The molecule has 4 atom stereocenters. The molecule has 7 heteroatoms. The van der Waals surface area contributed by atoms with Gasteiger partial charge in [0.2, 0.25) is 5.91 Å². The molecule has 0 heterocycles. The van der Waals surface area contributed by atoms with Crippen LogP contribution in [0.1, 0.15) is 55.6 Å². The van der Waals surface area contributed by atoms with E-state index in [1.807, 2.05) is 24.3 Å². The summed E-state index contributed by atoms with van der Waals surface area (Å²) in [5.74, 6) is -0.629. The molecular weight excluding hydrogens is 444 g/mol. The lowest BCUT2D eigenvalue weighted by Crippen LogP contribution is -2.66. The summed E-state index contributed by atoms with van der Waals surface area (Å²) in [5.41, 5.74) is 3.70. The topological polar surface area (TPSA) is 105 Å². The number of carboxylic acid groups (broad SMARTS) is 1. The zero-order valence-corrected chi connectivity index (χ0v) is 19.5. The maximum atomic E-state index is 13.2. The van der Waals surface area contributed by atoms with Gasteiger partial charge in [-0.1, -0.05) is 48.5 Å². The molecule has 0 saturated heterocycles. The molecule has 0 aliphatic heterocycles. The molecule has 6 rings (SSSR count). The van der Waals surface area contributed by atoms with E-state index in [0.29, 0.717) is 31.6 Å². The number of rotatable bonds is 6. The number of nitrogens with one attached hydrogen (secondary N) is 2. The third-order valence-electron chi connectivity index (χ3n) is 8.82. The number of amides is 2. The van der Waals surface area contributed by atoms with Crippen molar-refractivity contribution >= 4 is 18.0 Å². The Kier molecular flexibility index (Phi) is 5.31. The van der Waals surface area contributed by atoms with E-state index in [2.05, 4.69) is 34.9 Å². The zero-order valence-electron chi connectivity index (χ0n) is 19.5. The molecule has 0 bridgehead atoms. The van der Waals surface area contributed by atoms with Crippen molar-refractivity contribution < 1.29 is 24.2 Å². The second-order valence-electron chi connectivity index (χ2n) is 10.6. The van der Waals surface area contributed by atoms with E-state index in [4.69, 9.17) is 4.74 Å². The van der Waals surface area contributed by atoms with Gasteiger partial charge in [-0.2, -0.15) is 0 Å². The highest BCUT2D eigenvalue weighted by Crippen LogP contribution is 2.50. The first-order valence-corrected chi connectivity index (χ1v) is 12.6. The summed E-state index contributed by atoms with van der Waals surface area (Å²) in [5, 5.41) is 15.3. The fourth-order valence-electron chi connectivity index (χ4n) is 6.67. The fraction of sp³-hybridized carbons (Fsp3) is 0.464. The number of ether oxygens (including phenoxy) is 1. The number of aliphatic carboxylic acids is 1. The summed E-state index contributed by atoms with van der Waals surface area (Å²) in [7, 11) is 0. The molecule has 2 aromatic carbocycles. The fourth-order valence-corrected chi connectivity index (χ4v) is 6.67. The van der Waals surface area contributed by atoms with Gasteiger partial charge in [0.15, 0.2) is 0 Å². The molecule has 7 nitrogen and oxygen atoms in total. The van der Waals surface area contributed by atoms with Gasteiger partial charge in [0.1, 0.15) is 12.1 Å². The van der Waals surface area contributed by atoms with E-state index in [0.717, 1.165) is 24.0 Å². The molecule has 2 aromatic rings. The number of carbonyl (C=O) groups excluding carboxylic acids is 2. The first-order valence-electron chi connectivity index (χ1n) is 12.6. The Labute approximate surface area is 204 Å². The van der Waals surface area contributed by atoms with Crippen molar-refractivity contribution in [1.29, 1.82) is 0 Å². The molecule has 0 spiro atoms. The van der Waals surface area contributed by atoms with Gasteiger partial charge in [-0.25, -0.2) is 4.79 Å². The smallest absolute Gasteiger partial charge is 0.408 e. The Morgan fingerprint density at radius 3 is 2.20 bits per heavy atom. The molecule has 0 radical (unpaired) electrons. The van der Waals surface area contributed by atoms with Crippen LogP contribution in [0.2, 0.25) is 0 Å². The second-order valence-corrected chi connectivity index (χ2v) is 10.6. The van der Waals surface area contributed by atoms with Crippen molar-refractivity contribution in [2.75, 3.05) is 6.61 Å². The predicted molar refractivity (Wildman–Crippen MR) is 129 cm³/mol. The highest BCUT2D eigenvalue weighted by atomic mass is 16.5. The number of carbonyl (C=O) groups is 3. The zero-order chi connectivity index (χ0) is 24.2. The average molecular weight is 475 g/mol. The van der Waals surface area contributed by atoms with Crippen LogP contribution in [-0.2, 0) is 14.3 Å². The number of hydrogen-bond acceptors (Lipinski definition) is 4. The van der Waals surface area contributed by atoms with E-state index in [1.165, 1.54) is 11.1 Å². The first kappa shape index (κ1) is 22.1. The van der Waals surface area contributed by atoms with Gasteiger partial charge in [-0.3, -0.25) is 9.59 Å². The van der Waals surface area contributed by atoms with Crippen molar-refractivity contribution in [3.8, 4) is 11.1 Å². The Bertz CT molecular complexity index is 1140. The van der Waals surface area contributed by atoms with Crippen LogP contribution in [0.3, 0.4) is 0 Å². The molecule has 4 aliphatic rings. The van der Waals surface area contributed by atoms with Gasteiger partial charge in [0, 0.05) is 12.0 Å². The number of benzene rings is 2. The number of hydrogen-bond donors (Lipinski definition) is 3. The standard InChI is InChI=1S/C28H30N2O5/c31-25(32)17-12-16-14-24(22(16)13-17)29-26(33)28(10-5-11-28)30-27(34)35-15-23-20-8-3-1-6-18(20)19-7-2-4-9-21(19)23/h1-4,6-9,16-17,22-24H,5,10-15H2,(H,29,33)(H,30,34)(H,31,32).